The van der Waals surface area contributed by atoms with Crippen LogP contribution in [0.15, 0.2) is 76.9 Å². The molecule has 156 valence electrons. The van der Waals surface area contributed by atoms with Crippen molar-refractivity contribution in [2.45, 2.75) is 6.61 Å². The van der Waals surface area contributed by atoms with Gasteiger partial charge in [0, 0.05) is 25.6 Å². The maximum Gasteiger partial charge on any atom is 0.333 e. The van der Waals surface area contributed by atoms with Gasteiger partial charge in [0.1, 0.15) is 18.1 Å². The minimum absolute atomic E-state index is 0.154. The van der Waals surface area contributed by atoms with Crippen molar-refractivity contribution < 1.29 is 14.3 Å². The van der Waals surface area contributed by atoms with Gasteiger partial charge in [-0.15, -0.1) is 0 Å². The molecule has 1 fully saturated rings. The van der Waals surface area contributed by atoms with Crippen molar-refractivity contribution in [2.24, 2.45) is 0 Å². The number of hydrogen-bond donors (Lipinski definition) is 1. The lowest BCUT2D eigenvalue weighted by Crippen LogP contribution is -2.30. The molecule has 1 aliphatic rings. The van der Waals surface area contributed by atoms with Gasteiger partial charge < -0.3 is 10.1 Å². The summed E-state index contributed by atoms with van der Waals surface area (Å²) in [5, 5.41) is 3.67. The van der Waals surface area contributed by atoms with Gasteiger partial charge in [-0.25, -0.2) is 9.69 Å². The van der Waals surface area contributed by atoms with Crippen molar-refractivity contribution in [3.8, 4) is 5.75 Å². The normalized spacial score (nSPS) is 14.8. The number of nitrogens with zero attached hydrogens (tertiary/aromatic N) is 1. The molecule has 0 aromatic heterocycles. The minimum Gasteiger partial charge on any atom is -0.488 e. The van der Waals surface area contributed by atoms with Gasteiger partial charge in [0.15, 0.2) is 0 Å². The van der Waals surface area contributed by atoms with Gasteiger partial charge in [0.05, 0.1) is 5.69 Å². The van der Waals surface area contributed by atoms with Gasteiger partial charge in [0.25, 0.3) is 5.91 Å². The lowest BCUT2D eigenvalue weighted by atomic mass is 10.1. The zero-order valence-corrected chi connectivity index (χ0v) is 19.0. The fourth-order valence-electron chi connectivity index (χ4n) is 3.06. The molecule has 0 saturated carbocycles. The number of anilines is 1. The molecule has 8 heteroatoms. The highest BCUT2D eigenvalue weighted by Gasteiger charge is 2.34. The third-order valence-corrected chi connectivity index (χ3v) is 5.64. The van der Waals surface area contributed by atoms with Crippen LogP contribution in [-0.4, -0.2) is 11.9 Å². The van der Waals surface area contributed by atoms with Gasteiger partial charge in [-0.1, -0.05) is 63.4 Å². The summed E-state index contributed by atoms with van der Waals surface area (Å²) in [5.74, 6) is 0.0878. The molecule has 3 amide bonds. The van der Waals surface area contributed by atoms with Gasteiger partial charge in [-0.05, 0) is 48.5 Å². The number of hydrogen-bond acceptors (Lipinski definition) is 3. The van der Waals surface area contributed by atoms with Crippen LogP contribution in [0.3, 0.4) is 0 Å². The number of urea groups is 1. The molecule has 0 bridgehead atoms. The van der Waals surface area contributed by atoms with Crippen molar-refractivity contribution in [3.05, 3.63) is 98.1 Å². The molecule has 1 aliphatic heterocycles. The van der Waals surface area contributed by atoms with E-state index in [0.717, 1.165) is 14.9 Å². The Morgan fingerprint density at radius 2 is 1.77 bits per heavy atom. The zero-order valence-electron chi connectivity index (χ0n) is 15.9. The number of rotatable bonds is 5. The molecule has 3 aromatic rings. The summed E-state index contributed by atoms with van der Waals surface area (Å²) in [6.45, 7) is 0.213. The predicted octanol–water partition coefficient (Wildman–Crippen LogP) is 6.43. The van der Waals surface area contributed by atoms with E-state index in [9.17, 15) is 9.59 Å². The lowest BCUT2D eigenvalue weighted by molar-refractivity contribution is -0.113. The summed E-state index contributed by atoms with van der Waals surface area (Å²) >= 11 is 15.6. The first-order valence-electron chi connectivity index (χ1n) is 9.21. The summed E-state index contributed by atoms with van der Waals surface area (Å²) in [6, 6.07) is 18.8. The van der Waals surface area contributed by atoms with E-state index in [1.807, 2.05) is 12.1 Å². The Labute approximate surface area is 197 Å². The van der Waals surface area contributed by atoms with Crippen LogP contribution in [0, 0.1) is 0 Å². The molecule has 31 heavy (non-hydrogen) atoms. The van der Waals surface area contributed by atoms with Crippen molar-refractivity contribution >= 4 is 62.8 Å². The summed E-state index contributed by atoms with van der Waals surface area (Å²) in [4.78, 5) is 26.4. The second-order valence-corrected chi connectivity index (χ2v) is 8.43. The molecule has 3 aromatic carbocycles. The lowest BCUT2D eigenvalue weighted by Gasteiger charge is -2.12. The Morgan fingerprint density at radius 1 is 1.00 bits per heavy atom. The monoisotopic (exact) mass is 516 g/mol. The van der Waals surface area contributed by atoms with Gasteiger partial charge in [0.2, 0.25) is 0 Å². The number of carbonyl (C=O) groups excluding carboxylic acids is 2. The standard InChI is InChI=1S/C23H15BrCl2N2O3/c24-16-7-9-21(31-13-14-6-8-17(25)12-19(14)26)15(10-16)11-20-22(29)28(23(30)27-20)18-4-2-1-3-5-18/h1-12H,13H2,(H,27,30)/b20-11+. The first kappa shape index (κ1) is 21.4. The Bertz CT molecular complexity index is 1200. The molecule has 1 N–H and O–H groups in total. The first-order chi connectivity index (χ1) is 14.9. The molecule has 0 radical (unpaired) electrons. The van der Waals surface area contributed by atoms with E-state index in [2.05, 4.69) is 21.2 Å². The fraction of sp³-hybridized carbons (Fsp3) is 0.0435. The molecule has 0 unspecified atom stereocenters. The molecule has 4 rings (SSSR count). The number of para-hydroxylation sites is 1. The third kappa shape index (κ3) is 4.77. The first-order valence-corrected chi connectivity index (χ1v) is 10.8. The Hall–Kier alpha value is -2.80. The van der Waals surface area contributed by atoms with Crippen LogP contribution in [0.2, 0.25) is 10.0 Å². The number of carbonyl (C=O) groups is 2. The van der Waals surface area contributed by atoms with E-state index in [1.165, 1.54) is 0 Å². The van der Waals surface area contributed by atoms with Crippen LogP contribution in [-0.2, 0) is 11.4 Å². The van der Waals surface area contributed by atoms with Gasteiger partial charge in [-0.3, -0.25) is 4.79 Å². The maximum atomic E-state index is 12.9. The number of nitrogens with one attached hydrogen (secondary N) is 1. The van der Waals surface area contributed by atoms with Crippen molar-refractivity contribution in [1.82, 2.24) is 5.32 Å². The van der Waals surface area contributed by atoms with Crippen LogP contribution >= 0.6 is 39.1 Å². The van der Waals surface area contributed by atoms with Crippen LogP contribution in [0.1, 0.15) is 11.1 Å². The Kier molecular flexibility index (Phi) is 6.32. The average molecular weight is 518 g/mol. The highest BCUT2D eigenvalue weighted by molar-refractivity contribution is 9.10. The molecular weight excluding hydrogens is 503 g/mol. The molecule has 0 aliphatic carbocycles. The highest BCUT2D eigenvalue weighted by Crippen LogP contribution is 2.29. The molecular formula is C23H15BrCl2N2O3. The fourth-order valence-corrected chi connectivity index (χ4v) is 3.90. The second-order valence-electron chi connectivity index (χ2n) is 6.67. The third-order valence-electron chi connectivity index (χ3n) is 4.56. The van der Waals surface area contributed by atoms with E-state index >= 15 is 0 Å². The van der Waals surface area contributed by atoms with Gasteiger partial charge >= 0.3 is 6.03 Å². The summed E-state index contributed by atoms with van der Waals surface area (Å²) in [7, 11) is 0. The van der Waals surface area contributed by atoms with Crippen molar-refractivity contribution in [3.63, 3.8) is 0 Å². The summed E-state index contributed by atoms with van der Waals surface area (Å²) in [5.41, 5.74) is 2.05. The summed E-state index contributed by atoms with van der Waals surface area (Å²) < 4.78 is 6.75. The van der Waals surface area contributed by atoms with E-state index in [1.54, 1.807) is 60.7 Å². The van der Waals surface area contributed by atoms with Crippen molar-refractivity contribution in [1.29, 1.82) is 0 Å². The predicted molar refractivity (Wildman–Crippen MR) is 125 cm³/mol. The molecule has 0 atom stereocenters. The van der Waals surface area contributed by atoms with Crippen LogP contribution in [0.25, 0.3) is 6.08 Å². The SMILES string of the molecule is O=C1N/C(=C/c2cc(Br)ccc2OCc2ccc(Cl)cc2Cl)C(=O)N1c1ccccc1. The highest BCUT2D eigenvalue weighted by atomic mass is 79.9. The summed E-state index contributed by atoms with van der Waals surface area (Å²) in [6.07, 6.45) is 1.59. The zero-order chi connectivity index (χ0) is 22.0. The molecule has 5 nitrogen and oxygen atoms in total. The molecule has 1 heterocycles. The largest absolute Gasteiger partial charge is 0.488 e. The Balaban J connectivity index is 1.61. The van der Waals surface area contributed by atoms with E-state index in [4.69, 9.17) is 27.9 Å². The number of amides is 3. The second kappa shape index (κ2) is 9.14. The van der Waals surface area contributed by atoms with Crippen LogP contribution < -0.4 is 15.0 Å². The quantitative estimate of drug-likeness (QED) is 0.313. The minimum atomic E-state index is -0.507. The van der Waals surface area contributed by atoms with Crippen molar-refractivity contribution in [2.75, 3.05) is 4.90 Å². The maximum absolute atomic E-state index is 12.9. The topological polar surface area (TPSA) is 58.6 Å². The van der Waals surface area contributed by atoms with E-state index in [-0.39, 0.29) is 12.3 Å². The number of benzene rings is 3. The smallest absolute Gasteiger partial charge is 0.333 e. The number of ether oxygens (including phenoxy) is 1. The van der Waals surface area contributed by atoms with Crippen LogP contribution in [0.4, 0.5) is 10.5 Å². The van der Waals surface area contributed by atoms with Gasteiger partial charge in [-0.2, -0.15) is 0 Å². The van der Waals surface area contributed by atoms with Crippen LogP contribution in [0.5, 0.6) is 5.75 Å². The number of imide groups is 1. The average Bonchev–Trinajstić information content (AvgIpc) is 3.02. The van der Waals surface area contributed by atoms with E-state index in [0.29, 0.717) is 27.0 Å². The van der Waals surface area contributed by atoms with E-state index < -0.39 is 11.9 Å². The molecule has 0 spiro atoms. The Morgan fingerprint density at radius 3 is 2.52 bits per heavy atom. The molecule has 1 saturated heterocycles. The number of halogens is 3.